The van der Waals surface area contributed by atoms with Crippen LogP contribution >= 0.6 is 15.9 Å². The zero-order valence-electron chi connectivity index (χ0n) is 16.9. The number of ketones is 1. The number of aliphatic hydroxyl groups is 1. The van der Waals surface area contributed by atoms with E-state index in [-0.39, 0.29) is 11.3 Å². The molecule has 5 rings (SSSR count). The summed E-state index contributed by atoms with van der Waals surface area (Å²) in [6.45, 7) is 0. The Labute approximate surface area is 193 Å². The number of rotatable bonds is 3. The van der Waals surface area contributed by atoms with E-state index < -0.39 is 17.7 Å². The lowest BCUT2D eigenvalue weighted by Gasteiger charge is -2.25. The number of Topliss-reactive ketones (excluding diaryl/α,β-unsaturated/α-hetero) is 1. The summed E-state index contributed by atoms with van der Waals surface area (Å²) in [5.41, 5.74) is 1.93. The molecule has 32 heavy (non-hydrogen) atoms. The highest BCUT2D eigenvalue weighted by Gasteiger charge is 2.47. The van der Waals surface area contributed by atoms with Gasteiger partial charge >= 0.3 is 0 Å². The SMILES string of the molecule is O=C1C(=O)N(c2cccc(Br)c2)C(c2ccccc2)/C1=C(/O)c1cccc2ccccc12. The fourth-order valence-electron chi connectivity index (χ4n) is 4.25. The molecular weight excluding hydrogens is 466 g/mol. The molecule has 1 saturated heterocycles. The molecule has 1 fully saturated rings. The van der Waals surface area contributed by atoms with Gasteiger partial charge in [0.1, 0.15) is 5.76 Å². The van der Waals surface area contributed by atoms with Gasteiger partial charge in [-0.05, 0) is 34.5 Å². The minimum Gasteiger partial charge on any atom is -0.507 e. The molecular formula is C27H18BrNO3. The van der Waals surface area contributed by atoms with Gasteiger partial charge in [-0.25, -0.2) is 0 Å². The number of anilines is 1. The highest BCUT2D eigenvalue weighted by atomic mass is 79.9. The monoisotopic (exact) mass is 483 g/mol. The van der Waals surface area contributed by atoms with Gasteiger partial charge in [-0.3, -0.25) is 14.5 Å². The normalized spacial score (nSPS) is 17.8. The van der Waals surface area contributed by atoms with E-state index in [1.807, 2.05) is 78.9 Å². The van der Waals surface area contributed by atoms with Crippen molar-refractivity contribution in [2.75, 3.05) is 4.90 Å². The Bertz CT molecular complexity index is 1390. The first-order chi connectivity index (χ1) is 15.6. The average Bonchev–Trinajstić information content (AvgIpc) is 3.09. The number of hydrogen-bond donors (Lipinski definition) is 1. The molecule has 1 aliphatic rings. The van der Waals surface area contributed by atoms with Crippen LogP contribution in [0, 0.1) is 0 Å². The molecule has 0 aliphatic carbocycles. The summed E-state index contributed by atoms with van der Waals surface area (Å²) in [6, 6.07) is 29.0. The largest absolute Gasteiger partial charge is 0.507 e. The number of hydrogen-bond acceptors (Lipinski definition) is 3. The van der Waals surface area contributed by atoms with Crippen molar-refractivity contribution in [1.29, 1.82) is 0 Å². The Morgan fingerprint density at radius 2 is 1.50 bits per heavy atom. The first kappa shape index (κ1) is 20.2. The van der Waals surface area contributed by atoms with E-state index in [2.05, 4.69) is 15.9 Å². The van der Waals surface area contributed by atoms with Crippen LogP contribution in [0.5, 0.6) is 0 Å². The van der Waals surface area contributed by atoms with Crippen LogP contribution in [0.25, 0.3) is 16.5 Å². The molecule has 1 atom stereocenters. The number of fused-ring (bicyclic) bond motifs is 1. The van der Waals surface area contributed by atoms with Gasteiger partial charge in [0.25, 0.3) is 11.7 Å². The van der Waals surface area contributed by atoms with Crippen LogP contribution in [-0.2, 0) is 9.59 Å². The van der Waals surface area contributed by atoms with Crippen molar-refractivity contribution in [3.63, 3.8) is 0 Å². The first-order valence-corrected chi connectivity index (χ1v) is 11.0. The van der Waals surface area contributed by atoms with Crippen LogP contribution in [0.4, 0.5) is 5.69 Å². The summed E-state index contributed by atoms with van der Waals surface area (Å²) in [5.74, 6) is -1.55. The highest BCUT2D eigenvalue weighted by molar-refractivity contribution is 9.10. The maximum Gasteiger partial charge on any atom is 0.300 e. The number of carbonyl (C=O) groups excluding carboxylic acids is 2. The van der Waals surface area contributed by atoms with Crippen LogP contribution in [0.1, 0.15) is 17.2 Å². The van der Waals surface area contributed by atoms with Crippen LogP contribution in [0.3, 0.4) is 0 Å². The fourth-order valence-corrected chi connectivity index (χ4v) is 4.64. The molecule has 4 nitrogen and oxygen atoms in total. The molecule has 1 unspecified atom stereocenters. The van der Waals surface area contributed by atoms with Crippen LogP contribution in [0.15, 0.2) is 107 Å². The predicted molar refractivity (Wildman–Crippen MR) is 129 cm³/mol. The van der Waals surface area contributed by atoms with Crippen LogP contribution in [-0.4, -0.2) is 16.8 Å². The summed E-state index contributed by atoms with van der Waals surface area (Å²) < 4.78 is 0.790. The summed E-state index contributed by atoms with van der Waals surface area (Å²) >= 11 is 3.44. The fraction of sp³-hybridized carbons (Fsp3) is 0.0370. The second-order valence-corrected chi connectivity index (χ2v) is 8.50. The Morgan fingerprint density at radius 1 is 0.812 bits per heavy atom. The number of nitrogens with zero attached hydrogens (tertiary/aromatic N) is 1. The number of aliphatic hydroxyl groups excluding tert-OH is 1. The van der Waals surface area contributed by atoms with Crippen molar-refractivity contribution in [1.82, 2.24) is 0 Å². The second-order valence-electron chi connectivity index (χ2n) is 7.59. The van der Waals surface area contributed by atoms with Gasteiger partial charge in [-0.1, -0.05) is 94.8 Å². The standard InChI is InChI=1S/C27H18BrNO3/c28-19-12-7-13-20(16-19)29-24(18-9-2-1-3-10-18)23(26(31)27(29)32)25(30)22-15-6-11-17-8-4-5-14-21(17)22/h1-16,24,30H/b25-23-. The molecule has 1 aliphatic heterocycles. The van der Waals surface area contributed by atoms with Crippen molar-refractivity contribution >= 4 is 49.8 Å². The van der Waals surface area contributed by atoms with Crippen LogP contribution in [0.2, 0.25) is 0 Å². The minimum atomic E-state index is -0.746. The number of benzene rings is 4. The van der Waals surface area contributed by atoms with E-state index in [9.17, 15) is 14.7 Å². The van der Waals surface area contributed by atoms with E-state index in [4.69, 9.17) is 0 Å². The zero-order chi connectivity index (χ0) is 22.2. The van der Waals surface area contributed by atoms with Gasteiger partial charge < -0.3 is 5.11 Å². The quantitative estimate of drug-likeness (QED) is 0.213. The molecule has 5 heteroatoms. The van der Waals surface area contributed by atoms with Crippen molar-refractivity contribution in [3.05, 3.63) is 118 Å². The van der Waals surface area contributed by atoms with Crippen molar-refractivity contribution < 1.29 is 14.7 Å². The molecule has 0 bridgehead atoms. The average molecular weight is 484 g/mol. The molecule has 0 aromatic heterocycles. The van der Waals surface area contributed by atoms with E-state index in [0.717, 1.165) is 20.8 Å². The molecule has 156 valence electrons. The molecule has 1 heterocycles. The summed E-state index contributed by atoms with van der Waals surface area (Å²) in [5, 5.41) is 13.2. The molecule has 4 aromatic rings. The Kier molecular flexibility index (Phi) is 5.11. The smallest absolute Gasteiger partial charge is 0.300 e. The van der Waals surface area contributed by atoms with Crippen molar-refractivity contribution in [3.8, 4) is 0 Å². The number of halogens is 1. The molecule has 1 amide bonds. The maximum absolute atomic E-state index is 13.3. The lowest BCUT2D eigenvalue weighted by molar-refractivity contribution is -0.132. The second kappa shape index (κ2) is 8.09. The molecule has 0 saturated carbocycles. The zero-order valence-corrected chi connectivity index (χ0v) is 18.5. The maximum atomic E-state index is 13.3. The van der Waals surface area contributed by atoms with Crippen molar-refractivity contribution in [2.24, 2.45) is 0 Å². The van der Waals surface area contributed by atoms with Gasteiger partial charge in [-0.2, -0.15) is 0 Å². The lowest BCUT2D eigenvalue weighted by Crippen LogP contribution is -2.29. The Hall–Kier alpha value is -3.70. The van der Waals surface area contributed by atoms with Crippen molar-refractivity contribution in [2.45, 2.75) is 6.04 Å². The Morgan fingerprint density at radius 3 is 2.28 bits per heavy atom. The predicted octanol–water partition coefficient (Wildman–Crippen LogP) is 6.23. The van der Waals surface area contributed by atoms with Gasteiger partial charge in [-0.15, -0.1) is 0 Å². The third-order valence-corrected chi connectivity index (χ3v) is 6.18. The van der Waals surface area contributed by atoms with Gasteiger partial charge in [0.05, 0.1) is 11.6 Å². The first-order valence-electron chi connectivity index (χ1n) is 10.2. The summed E-state index contributed by atoms with van der Waals surface area (Å²) in [4.78, 5) is 28.0. The van der Waals surface area contributed by atoms with Gasteiger partial charge in [0.2, 0.25) is 0 Å². The number of carbonyl (C=O) groups is 2. The van der Waals surface area contributed by atoms with Gasteiger partial charge in [0, 0.05) is 15.7 Å². The molecule has 4 aromatic carbocycles. The third-order valence-electron chi connectivity index (χ3n) is 5.69. The van der Waals surface area contributed by atoms with E-state index >= 15 is 0 Å². The Balaban J connectivity index is 1.78. The van der Waals surface area contributed by atoms with E-state index in [1.54, 1.807) is 18.2 Å². The van der Waals surface area contributed by atoms with E-state index in [1.165, 1.54) is 4.90 Å². The lowest BCUT2D eigenvalue weighted by atomic mass is 9.93. The minimum absolute atomic E-state index is 0.0810. The van der Waals surface area contributed by atoms with Gasteiger partial charge in [0.15, 0.2) is 0 Å². The molecule has 0 radical (unpaired) electrons. The summed E-state index contributed by atoms with van der Waals surface area (Å²) in [7, 11) is 0. The van der Waals surface area contributed by atoms with Crippen LogP contribution < -0.4 is 4.90 Å². The topological polar surface area (TPSA) is 57.6 Å². The third kappa shape index (κ3) is 3.31. The highest BCUT2D eigenvalue weighted by Crippen LogP contribution is 2.43. The molecule has 0 spiro atoms. The molecule has 1 N–H and O–H groups in total. The summed E-state index contributed by atoms with van der Waals surface area (Å²) in [6.07, 6.45) is 0. The van der Waals surface area contributed by atoms with E-state index in [0.29, 0.717) is 11.3 Å². The number of amides is 1.